The second kappa shape index (κ2) is 13.6. The minimum Gasteiger partial charge on any atom is -0.481 e. The number of benzene rings is 2. The summed E-state index contributed by atoms with van der Waals surface area (Å²) >= 11 is 0. The molecule has 0 saturated heterocycles. The van der Waals surface area contributed by atoms with Gasteiger partial charge in [-0.05, 0) is 59.6 Å². The van der Waals surface area contributed by atoms with Crippen molar-refractivity contribution in [2.24, 2.45) is 0 Å². The molecule has 2 unspecified atom stereocenters. The number of nitrogens with zero attached hydrogens (tertiary/aromatic N) is 1. The number of rotatable bonds is 13. The SMILES string of the molecule is CCc1c(-c2ccccc2)nc(C(C)C)c(CCCO[PH](=O)CC(O)CC(=O)O)c1-c1ccc(F)cc1. The van der Waals surface area contributed by atoms with Crippen LogP contribution in [0.15, 0.2) is 54.6 Å². The largest absolute Gasteiger partial charge is 0.481 e. The van der Waals surface area contributed by atoms with Crippen LogP contribution in [0.2, 0.25) is 0 Å². The first-order valence-electron chi connectivity index (χ1n) is 12.6. The molecule has 0 saturated carbocycles. The fourth-order valence-corrected chi connectivity index (χ4v) is 5.54. The molecular weight excluding hydrogens is 492 g/mol. The molecule has 0 fully saturated rings. The molecule has 6 nitrogen and oxygen atoms in total. The molecule has 2 aromatic carbocycles. The predicted molar refractivity (Wildman–Crippen MR) is 145 cm³/mol. The second-order valence-corrected chi connectivity index (χ2v) is 10.8. The van der Waals surface area contributed by atoms with Crippen LogP contribution in [0.3, 0.4) is 0 Å². The molecule has 0 aliphatic carbocycles. The number of hydrogen-bond acceptors (Lipinski definition) is 5. The first-order valence-corrected chi connectivity index (χ1v) is 14.2. The van der Waals surface area contributed by atoms with Crippen LogP contribution >= 0.6 is 8.03 Å². The monoisotopic (exact) mass is 527 g/mol. The van der Waals surface area contributed by atoms with Gasteiger partial charge < -0.3 is 14.7 Å². The summed E-state index contributed by atoms with van der Waals surface area (Å²) in [7, 11) is -2.56. The lowest BCUT2D eigenvalue weighted by Gasteiger charge is -2.23. The summed E-state index contributed by atoms with van der Waals surface area (Å²) < 4.78 is 31.5. The zero-order valence-corrected chi connectivity index (χ0v) is 22.5. The van der Waals surface area contributed by atoms with E-state index in [0.717, 1.165) is 45.6 Å². The van der Waals surface area contributed by atoms with Gasteiger partial charge in [-0.3, -0.25) is 14.3 Å². The molecule has 8 heteroatoms. The van der Waals surface area contributed by atoms with E-state index in [1.807, 2.05) is 30.3 Å². The van der Waals surface area contributed by atoms with Gasteiger partial charge in [0.15, 0.2) is 8.03 Å². The zero-order valence-electron chi connectivity index (χ0n) is 21.5. The predicted octanol–water partition coefficient (Wildman–Crippen LogP) is 6.50. The summed E-state index contributed by atoms with van der Waals surface area (Å²) in [5.74, 6) is -1.31. The van der Waals surface area contributed by atoms with Crippen LogP contribution in [-0.2, 0) is 26.7 Å². The molecule has 2 atom stereocenters. The van der Waals surface area contributed by atoms with Crippen LogP contribution in [0.4, 0.5) is 4.39 Å². The summed E-state index contributed by atoms with van der Waals surface area (Å²) in [4.78, 5) is 15.9. The average Bonchev–Trinajstić information content (AvgIpc) is 2.86. The molecule has 0 amide bonds. The van der Waals surface area contributed by atoms with Crippen molar-refractivity contribution < 1.29 is 28.5 Å². The lowest BCUT2D eigenvalue weighted by atomic mass is 9.85. The van der Waals surface area contributed by atoms with Crippen LogP contribution < -0.4 is 0 Å². The maximum atomic E-state index is 13.8. The van der Waals surface area contributed by atoms with Gasteiger partial charge in [-0.15, -0.1) is 0 Å². The molecule has 37 heavy (non-hydrogen) atoms. The number of aliphatic hydroxyl groups excluding tert-OH is 1. The Hall–Kier alpha value is -2.86. The first-order chi connectivity index (χ1) is 17.7. The van der Waals surface area contributed by atoms with E-state index in [-0.39, 0.29) is 24.5 Å². The van der Waals surface area contributed by atoms with Gasteiger partial charge in [0.05, 0.1) is 24.8 Å². The van der Waals surface area contributed by atoms with E-state index in [2.05, 4.69) is 20.8 Å². The van der Waals surface area contributed by atoms with Crippen molar-refractivity contribution >= 4 is 14.0 Å². The normalized spacial score (nSPS) is 13.0. The number of carboxylic acids is 1. The quantitative estimate of drug-likeness (QED) is 0.195. The second-order valence-electron chi connectivity index (χ2n) is 9.34. The topological polar surface area (TPSA) is 96.7 Å². The van der Waals surface area contributed by atoms with E-state index in [1.165, 1.54) is 12.1 Å². The smallest absolute Gasteiger partial charge is 0.305 e. The minimum atomic E-state index is -2.56. The fourth-order valence-electron chi connectivity index (χ4n) is 4.52. The highest BCUT2D eigenvalue weighted by molar-refractivity contribution is 7.39. The Morgan fingerprint density at radius 3 is 2.32 bits per heavy atom. The van der Waals surface area contributed by atoms with Crippen molar-refractivity contribution in [1.82, 2.24) is 4.98 Å². The van der Waals surface area contributed by atoms with E-state index < -0.39 is 26.5 Å². The van der Waals surface area contributed by atoms with E-state index >= 15 is 0 Å². The summed E-state index contributed by atoms with van der Waals surface area (Å²) in [6.07, 6.45) is 0.0845. The van der Waals surface area contributed by atoms with Crippen LogP contribution in [-0.4, -0.2) is 40.0 Å². The van der Waals surface area contributed by atoms with Gasteiger partial charge in [-0.25, -0.2) is 4.39 Å². The highest BCUT2D eigenvalue weighted by atomic mass is 31.1. The highest BCUT2D eigenvalue weighted by Gasteiger charge is 2.22. The van der Waals surface area contributed by atoms with Gasteiger partial charge in [0.2, 0.25) is 0 Å². The summed E-state index contributed by atoms with van der Waals surface area (Å²) in [6.45, 7) is 6.49. The van der Waals surface area contributed by atoms with Crippen molar-refractivity contribution in [2.45, 2.75) is 58.5 Å². The number of pyridine rings is 1. The Morgan fingerprint density at radius 1 is 1.05 bits per heavy atom. The molecule has 1 heterocycles. The van der Waals surface area contributed by atoms with Crippen molar-refractivity contribution in [1.29, 1.82) is 0 Å². The molecule has 0 radical (unpaired) electrons. The first kappa shape index (κ1) is 28.7. The Kier molecular flexibility index (Phi) is 10.6. The number of carboxylic acid groups (broad SMARTS) is 1. The third kappa shape index (κ3) is 7.81. The molecule has 3 aromatic rings. The van der Waals surface area contributed by atoms with Crippen LogP contribution in [0.25, 0.3) is 22.4 Å². The number of halogens is 1. The van der Waals surface area contributed by atoms with Crippen molar-refractivity contribution in [2.75, 3.05) is 12.8 Å². The summed E-state index contributed by atoms with van der Waals surface area (Å²) in [5, 5.41) is 18.5. The maximum Gasteiger partial charge on any atom is 0.305 e. The van der Waals surface area contributed by atoms with Gasteiger partial charge in [0, 0.05) is 17.4 Å². The van der Waals surface area contributed by atoms with Gasteiger partial charge in [-0.2, -0.15) is 0 Å². The molecule has 1 aromatic heterocycles. The number of carbonyl (C=O) groups is 1. The maximum absolute atomic E-state index is 13.8. The molecule has 0 spiro atoms. The zero-order chi connectivity index (χ0) is 26.9. The molecule has 198 valence electrons. The van der Waals surface area contributed by atoms with E-state index in [4.69, 9.17) is 14.6 Å². The lowest BCUT2D eigenvalue weighted by molar-refractivity contribution is -0.138. The average molecular weight is 528 g/mol. The number of aliphatic hydroxyl groups is 1. The third-order valence-corrected chi connectivity index (χ3v) is 7.49. The third-order valence-electron chi connectivity index (χ3n) is 6.16. The molecule has 0 aliphatic heterocycles. The Morgan fingerprint density at radius 2 is 1.73 bits per heavy atom. The van der Waals surface area contributed by atoms with Gasteiger partial charge >= 0.3 is 5.97 Å². The lowest BCUT2D eigenvalue weighted by Crippen LogP contribution is -2.15. The summed E-state index contributed by atoms with van der Waals surface area (Å²) in [6, 6.07) is 16.6. The Bertz CT molecular complexity index is 1220. The fraction of sp³-hybridized carbons (Fsp3) is 0.379. The van der Waals surface area contributed by atoms with E-state index in [0.29, 0.717) is 12.8 Å². The number of aromatic nitrogens is 1. The van der Waals surface area contributed by atoms with Crippen LogP contribution in [0.1, 0.15) is 56.4 Å². The number of aliphatic carboxylic acids is 1. The Labute approximate surface area is 218 Å². The minimum absolute atomic E-state index is 0.133. The van der Waals surface area contributed by atoms with Crippen molar-refractivity contribution in [3.63, 3.8) is 0 Å². The van der Waals surface area contributed by atoms with Crippen LogP contribution in [0.5, 0.6) is 0 Å². The Balaban J connectivity index is 1.96. The van der Waals surface area contributed by atoms with Gasteiger partial charge in [-0.1, -0.05) is 63.2 Å². The van der Waals surface area contributed by atoms with Crippen molar-refractivity contribution in [3.05, 3.63) is 77.2 Å². The molecule has 0 aliphatic rings. The van der Waals surface area contributed by atoms with Gasteiger partial charge in [0.1, 0.15) is 5.82 Å². The van der Waals surface area contributed by atoms with Gasteiger partial charge in [0.25, 0.3) is 0 Å². The summed E-state index contributed by atoms with van der Waals surface area (Å²) in [5.41, 5.74) is 7.02. The van der Waals surface area contributed by atoms with E-state index in [1.54, 1.807) is 12.1 Å². The molecular formula is C29H35FNO5P. The molecule has 0 bridgehead atoms. The molecule has 3 rings (SSSR count). The molecule has 2 N–H and O–H groups in total. The van der Waals surface area contributed by atoms with Crippen molar-refractivity contribution in [3.8, 4) is 22.4 Å². The van der Waals surface area contributed by atoms with E-state index in [9.17, 15) is 18.9 Å². The van der Waals surface area contributed by atoms with Crippen LogP contribution in [0, 0.1) is 5.82 Å². The number of hydrogen-bond donors (Lipinski definition) is 2. The standard InChI is InChI=1S/C29H35FNO5P/c1-4-24-27(20-12-14-22(30)15-13-20)25(11-8-16-36-37(35)18-23(32)17-26(33)34)28(19(2)3)31-29(24)21-9-6-5-7-10-21/h5-7,9-10,12-15,19,23,32,37H,4,8,11,16-18H2,1-3H3,(H,33,34). The highest BCUT2D eigenvalue weighted by Crippen LogP contribution is 2.39.